The van der Waals surface area contributed by atoms with Crippen LogP contribution in [-0.2, 0) is 14.3 Å². The van der Waals surface area contributed by atoms with Crippen LogP contribution in [-0.4, -0.2) is 42.3 Å². The summed E-state index contributed by atoms with van der Waals surface area (Å²) in [5.41, 5.74) is 4.33. The number of carbonyl (C=O) groups is 3. The largest absolute Gasteiger partial charge is 0.481 e. The van der Waals surface area contributed by atoms with Crippen molar-refractivity contribution in [3.63, 3.8) is 0 Å². The van der Waals surface area contributed by atoms with Crippen LogP contribution in [0.25, 0.3) is 11.1 Å². The molecule has 0 fully saturated rings. The Morgan fingerprint density at radius 3 is 2.09 bits per heavy atom. The van der Waals surface area contributed by atoms with Crippen LogP contribution in [0.2, 0.25) is 0 Å². The Hall–Kier alpha value is -3.35. The highest BCUT2D eigenvalue weighted by molar-refractivity contribution is 5.86. The molecule has 2 atom stereocenters. The second-order valence-electron chi connectivity index (χ2n) is 10.4. The molecule has 2 amide bonds. The molecule has 35 heavy (non-hydrogen) atoms. The number of rotatable bonds is 10. The van der Waals surface area contributed by atoms with Crippen molar-refractivity contribution in [1.82, 2.24) is 10.6 Å². The molecule has 7 nitrogen and oxygen atoms in total. The molecule has 0 bridgehead atoms. The second kappa shape index (κ2) is 11.4. The topological polar surface area (TPSA) is 105 Å². The molecule has 0 aliphatic heterocycles. The van der Waals surface area contributed by atoms with Crippen molar-refractivity contribution >= 4 is 18.0 Å². The second-order valence-corrected chi connectivity index (χ2v) is 10.4. The number of carbonyl (C=O) groups excluding carboxylic acids is 2. The molecular formula is C28H36N2O5. The number of carboxylic acid groups (broad SMARTS) is 1. The number of ether oxygens (including phenoxy) is 1. The first-order valence-electron chi connectivity index (χ1n) is 12.2. The quantitative estimate of drug-likeness (QED) is 0.446. The fourth-order valence-electron chi connectivity index (χ4n) is 4.67. The molecular weight excluding hydrogens is 444 g/mol. The van der Waals surface area contributed by atoms with Crippen LogP contribution in [0.3, 0.4) is 0 Å². The summed E-state index contributed by atoms with van der Waals surface area (Å²) in [5, 5.41) is 14.9. The standard InChI is InChI=1S/C28H36N2O5/c1-5-10-24(25(31)29-16-18(26(32)33)15-28(2,3)4)30-27(34)35-17-23-21-13-8-6-11-19(21)20-12-7-9-14-22(20)23/h6-9,11-14,18,23-24H,5,10,15-17H2,1-4H3,(H,29,31)(H,30,34)(H,32,33). The number of fused-ring (bicyclic) bond motifs is 3. The summed E-state index contributed by atoms with van der Waals surface area (Å²) in [6.45, 7) is 7.97. The van der Waals surface area contributed by atoms with Gasteiger partial charge in [-0.2, -0.15) is 0 Å². The first-order valence-corrected chi connectivity index (χ1v) is 12.2. The average molecular weight is 481 g/mol. The molecule has 188 valence electrons. The Bertz CT molecular complexity index is 1010. The summed E-state index contributed by atoms with van der Waals surface area (Å²) in [5.74, 6) is -2.12. The number of alkyl carbamates (subject to hydrolysis) is 1. The van der Waals surface area contributed by atoms with Crippen LogP contribution in [0.1, 0.15) is 64.0 Å². The van der Waals surface area contributed by atoms with E-state index in [1.165, 1.54) is 0 Å². The van der Waals surface area contributed by atoms with Crippen molar-refractivity contribution in [2.45, 2.75) is 58.9 Å². The van der Waals surface area contributed by atoms with Gasteiger partial charge in [0.15, 0.2) is 0 Å². The Labute approximate surface area is 207 Å². The van der Waals surface area contributed by atoms with Crippen molar-refractivity contribution in [2.75, 3.05) is 13.2 Å². The molecule has 7 heteroatoms. The van der Waals surface area contributed by atoms with E-state index in [0.29, 0.717) is 19.3 Å². The Morgan fingerprint density at radius 2 is 1.57 bits per heavy atom. The zero-order chi connectivity index (χ0) is 25.6. The van der Waals surface area contributed by atoms with E-state index in [4.69, 9.17) is 4.74 Å². The highest BCUT2D eigenvalue weighted by Gasteiger charge is 2.30. The maximum absolute atomic E-state index is 12.8. The molecule has 1 aliphatic rings. The number of hydrogen-bond donors (Lipinski definition) is 3. The molecule has 3 rings (SSSR count). The highest BCUT2D eigenvalue weighted by atomic mass is 16.5. The van der Waals surface area contributed by atoms with Gasteiger partial charge in [0.1, 0.15) is 12.6 Å². The lowest BCUT2D eigenvalue weighted by Crippen LogP contribution is -2.48. The minimum Gasteiger partial charge on any atom is -0.481 e. The monoisotopic (exact) mass is 480 g/mol. The van der Waals surface area contributed by atoms with Gasteiger partial charge in [-0.1, -0.05) is 82.6 Å². The number of hydrogen-bond acceptors (Lipinski definition) is 4. The lowest BCUT2D eigenvalue weighted by Gasteiger charge is -2.24. The minimum absolute atomic E-state index is 0.0119. The van der Waals surface area contributed by atoms with Gasteiger partial charge < -0.3 is 20.5 Å². The van der Waals surface area contributed by atoms with Crippen molar-refractivity contribution in [3.05, 3.63) is 59.7 Å². The van der Waals surface area contributed by atoms with E-state index in [0.717, 1.165) is 22.3 Å². The first-order chi connectivity index (χ1) is 16.6. The third-order valence-electron chi connectivity index (χ3n) is 6.26. The van der Waals surface area contributed by atoms with Crippen LogP contribution < -0.4 is 10.6 Å². The molecule has 2 aromatic carbocycles. The number of amides is 2. The summed E-state index contributed by atoms with van der Waals surface area (Å²) < 4.78 is 5.57. The van der Waals surface area contributed by atoms with Gasteiger partial charge in [0.25, 0.3) is 0 Å². The van der Waals surface area contributed by atoms with Gasteiger partial charge in [-0.3, -0.25) is 9.59 Å². The Kier molecular flexibility index (Phi) is 8.54. The Balaban J connectivity index is 1.59. The molecule has 0 saturated heterocycles. The van der Waals surface area contributed by atoms with Crippen LogP contribution in [0.5, 0.6) is 0 Å². The van der Waals surface area contributed by atoms with Crippen LogP contribution in [0.15, 0.2) is 48.5 Å². The maximum atomic E-state index is 12.8. The number of nitrogens with one attached hydrogen (secondary N) is 2. The third kappa shape index (κ3) is 6.84. The minimum atomic E-state index is -0.947. The zero-order valence-corrected chi connectivity index (χ0v) is 21.0. The fraction of sp³-hybridized carbons (Fsp3) is 0.464. The van der Waals surface area contributed by atoms with Crippen molar-refractivity contribution in [2.24, 2.45) is 11.3 Å². The highest BCUT2D eigenvalue weighted by Crippen LogP contribution is 2.44. The molecule has 0 heterocycles. The number of benzene rings is 2. The van der Waals surface area contributed by atoms with Gasteiger partial charge >= 0.3 is 12.1 Å². The van der Waals surface area contributed by atoms with Crippen LogP contribution in [0, 0.1) is 11.3 Å². The van der Waals surface area contributed by atoms with E-state index in [-0.39, 0.29) is 24.5 Å². The molecule has 1 aliphatic carbocycles. The van der Waals surface area contributed by atoms with Gasteiger partial charge in [0, 0.05) is 12.5 Å². The first kappa shape index (κ1) is 26.3. The molecule has 0 saturated carbocycles. The van der Waals surface area contributed by atoms with Crippen molar-refractivity contribution < 1.29 is 24.2 Å². The van der Waals surface area contributed by atoms with E-state index >= 15 is 0 Å². The van der Waals surface area contributed by atoms with E-state index < -0.39 is 29.9 Å². The van der Waals surface area contributed by atoms with Gasteiger partial charge in [0.05, 0.1) is 5.92 Å². The van der Waals surface area contributed by atoms with Gasteiger partial charge in [-0.25, -0.2) is 4.79 Å². The van der Waals surface area contributed by atoms with Crippen LogP contribution >= 0.6 is 0 Å². The molecule has 2 aromatic rings. The normalized spacial score (nSPS) is 14.4. The van der Waals surface area contributed by atoms with E-state index in [1.807, 2.05) is 64.1 Å². The SMILES string of the molecule is CCCC(NC(=O)OCC1c2ccccc2-c2ccccc21)C(=O)NCC(CC(C)(C)C)C(=O)O. The summed E-state index contributed by atoms with van der Waals surface area (Å²) in [7, 11) is 0. The van der Waals surface area contributed by atoms with E-state index in [1.54, 1.807) is 0 Å². The lowest BCUT2D eigenvalue weighted by atomic mass is 9.84. The summed E-state index contributed by atoms with van der Waals surface area (Å²) in [6, 6.07) is 15.4. The third-order valence-corrected chi connectivity index (χ3v) is 6.26. The summed E-state index contributed by atoms with van der Waals surface area (Å²) in [4.78, 5) is 37.0. The zero-order valence-electron chi connectivity index (χ0n) is 21.0. The van der Waals surface area contributed by atoms with E-state index in [9.17, 15) is 19.5 Å². The van der Waals surface area contributed by atoms with Gasteiger partial charge in [-0.05, 0) is 40.5 Å². The molecule has 0 spiro atoms. The van der Waals surface area contributed by atoms with Crippen molar-refractivity contribution in [1.29, 1.82) is 0 Å². The molecule has 2 unspecified atom stereocenters. The molecule has 0 radical (unpaired) electrons. The smallest absolute Gasteiger partial charge is 0.407 e. The summed E-state index contributed by atoms with van der Waals surface area (Å²) >= 11 is 0. The molecule has 3 N–H and O–H groups in total. The van der Waals surface area contributed by atoms with Crippen molar-refractivity contribution in [3.8, 4) is 11.1 Å². The number of carboxylic acids is 1. The number of aliphatic carboxylic acids is 1. The van der Waals surface area contributed by atoms with Gasteiger partial charge in [0.2, 0.25) is 5.91 Å². The molecule has 0 aromatic heterocycles. The predicted octanol–water partition coefficient (Wildman–Crippen LogP) is 4.95. The maximum Gasteiger partial charge on any atom is 0.407 e. The Morgan fingerprint density at radius 1 is 1.00 bits per heavy atom. The van der Waals surface area contributed by atoms with Gasteiger partial charge in [-0.15, -0.1) is 0 Å². The van der Waals surface area contributed by atoms with E-state index in [2.05, 4.69) is 22.8 Å². The van der Waals surface area contributed by atoms with Crippen LogP contribution in [0.4, 0.5) is 4.79 Å². The summed E-state index contributed by atoms with van der Waals surface area (Å²) in [6.07, 6.45) is 0.866. The lowest BCUT2D eigenvalue weighted by molar-refractivity contribution is -0.142. The fourth-order valence-corrected chi connectivity index (χ4v) is 4.67. The average Bonchev–Trinajstić information content (AvgIpc) is 3.13. The predicted molar refractivity (Wildman–Crippen MR) is 135 cm³/mol.